The Balaban J connectivity index is 1.48. The lowest BCUT2D eigenvalue weighted by Crippen LogP contribution is -2.26. The molecular formula is C23H27N3O7S. The molecule has 11 heteroatoms. The molecule has 10 nitrogen and oxygen atoms in total. The predicted octanol–water partition coefficient (Wildman–Crippen LogP) is 2.10. The molecule has 1 fully saturated rings. The number of anilines is 2. The quantitative estimate of drug-likeness (QED) is 0.588. The van der Waals surface area contributed by atoms with Crippen molar-refractivity contribution in [2.75, 3.05) is 57.2 Å². The zero-order valence-electron chi connectivity index (χ0n) is 19.1. The van der Waals surface area contributed by atoms with E-state index in [4.69, 9.17) is 14.2 Å². The summed E-state index contributed by atoms with van der Waals surface area (Å²) < 4.78 is 42.5. The van der Waals surface area contributed by atoms with Crippen molar-refractivity contribution in [3.05, 3.63) is 42.0 Å². The van der Waals surface area contributed by atoms with Crippen molar-refractivity contribution >= 4 is 33.3 Å². The minimum atomic E-state index is -3.75. The van der Waals surface area contributed by atoms with Gasteiger partial charge in [0.05, 0.1) is 16.1 Å². The van der Waals surface area contributed by atoms with Gasteiger partial charge in [0.15, 0.2) is 18.1 Å². The van der Waals surface area contributed by atoms with Gasteiger partial charge in [-0.05, 0) is 43.2 Å². The summed E-state index contributed by atoms with van der Waals surface area (Å²) in [5.41, 5.74) is 1.17. The molecule has 0 saturated carbocycles. The van der Waals surface area contributed by atoms with E-state index in [9.17, 15) is 18.0 Å². The SMILES string of the molecule is CN(C)S(=O)(=O)c1ccc(N2CCCC2)c(C(=O)OCC(=O)Nc2ccc3c(c2)OCCO3)c1. The van der Waals surface area contributed by atoms with Crippen LogP contribution in [-0.4, -0.2) is 71.6 Å². The van der Waals surface area contributed by atoms with Crippen LogP contribution in [0.15, 0.2) is 41.3 Å². The molecule has 0 spiro atoms. The highest BCUT2D eigenvalue weighted by atomic mass is 32.2. The van der Waals surface area contributed by atoms with E-state index < -0.39 is 28.5 Å². The first-order valence-electron chi connectivity index (χ1n) is 10.9. The normalized spacial score (nSPS) is 15.3. The van der Waals surface area contributed by atoms with Crippen LogP contribution in [0.4, 0.5) is 11.4 Å². The number of nitrogens with one attached hydrogen (secondary N) is 1. The molecule has 2 aromatic rings. The number of rotatable bonds is 7. The van der Waals surface area contributed by atoms with E-state index in [-0.39, 0.29) is 10.5 Å². The van der Waals surface area contributed by atoms with E-state index in [1.807, 2.05) is 4.90 Å². The maximum Gasteiger partial charge on any atom is 0.340 e. The zero-order chi connectivity index (χ0) is 24.3. The molecule has 182 valence electrons. The molecule has 2 heterocycles. The summed E-state index contributed by atoms with van der Waals surface area (Å²) in [6.45, 7) is 1.86. The third kappa shape index (κ3) is 5.10. The number of nitrogens with zero attached hydrogens (tertiary/aromatic N) is 2. The number of esters is 1. The third-order valence-electron chi connectivity index (χ3n) is 5.57. The van der Waals surface area contributed by atoms with Crippen molar-refractivity contribution in [2.24, 2.45) is 0 Å². The predicted molar refractivity (Wildman–Crippen MR) is 125 cm³/mol. The van der Waals surface area contributed by atoms with E-state index in [0.29, 0.717) is 36.1 Å². The van der Waals surface area contributed by atoms with Gasteiger partial charge in [0.1, 0.15) is 13.2 Å². The van der Waals surface area contributed by atoms with E-state index >= 15 is 0 Å². The van der Waals surface area contributed by atoms with Crippen molar-refractivity contribution in [3.8, 4) is 11.5 Å². The lowest BCUT2D eigenvalue weighted by molar-refractivity contribution is -0.119. The number of carbonyl (C=O) groups excluding carboxylic acids is 2. The van der Waals surface area contributed by atoms with Crippen LogP contribution in [0.3, 0.4) is 0 Å². The minimum Gasteiger partial charge on any atom is -0.486 e. The second-order valence-corrected chi connectivity index (χ2v) is 10.3. The first-order valence-corrected chi connectivity index (χ1v) is 12.4. The number of ether oxygens (including phenoxy) is 3. The average molecular weight is 490 g/mol. The molecule has 4 rings (SSSR count). The summed E-state index contributed by atoms with van der Waals surface area (Å²) in [4.78, 5) is 27.3. The van der Waals surface area contributed by atoms with Gasteiger partial charge >= 0.3 is 5.97 Å². The van der Waals surface area contributed by atoms with Crippen LogP contribution >= 0.6 is 0 Å². The molecule has 0 bridgehead atoms. The Morgan fingerprint density at radius 2 is 1.74 bits per heavy atom. The Bertz CT molecular complexity index is 1190. The van der Waals surface area contributed by atoms with E-state index in [0.717, 1.165) is 30.2 Å². The van der Waals surface area contributed by atoms with Crippen LogP contribution in [0.25, 0.3) is 0 Å². The summed E-state index contributed by atoms with van der Waals surface area (Å²) in [6.07, 6.45) is 1.95. The van der Waals surface area contributed by atoms with Crippen LogP contribution in [-0.2, 0) is 19.6 Å². The molecule has 1 N–H and O–H groups in total. The Labute approximate surface area is 198 Å². The zero-order valence-corrected chi connectivity index (χ0v) is 19.9. The van der Waals surface area contributed by atoms with Crippen LogP contribution in [0, 0.1) is 0 Å². The Morgan fingerprint density at radius 1 is 1.03 bits per heavy atom. The Morgan fingerprint density at radius 3 is 2.44 bits per heavy atom. The van der Waals surface area contributed by atoms with Gasteiger partial charge in [0.2, 0.25) is 10.0 Å². The van der Waals surface area contributed by atoms with Crippen LogP contribution in [0.2, 0.25) is 0 Å². The summed E-state index contributed by atoms with van der Waals surface area (Å²) >= 11 is 0. The summed E-state index contributed by atoms with van der Waals surface area (Å²) in [5.74, 6) is -0.187. The van der Waals surface area contributed by atoms with E-state index in [2.05, 4.69) is 5.32 Å². The second kappa shape index (κ2) is 9.90. The largest absolute Gasteiger partial charge is 0.486 e. The first kappa shape index (κ1) is 23.8. The molecule has 2 aliphatic rings. The highest BCUT2D eigenvalue weighted by Crippen LogP contribution is 2.32. The van der Waals surface area contributed by atoms with Crippen LogP contribution < -0.4 is 19.7 Å². The van der Waals surface area contributed by atoms with E-state index in [1.165, 1.54) is 26.2 Å². The molecule has 0 atom stereocenters. The molecular weight excluding hydrogens is 462 g/mol. The van der Waals surface area contributed by atoms with Crippen molar-refractivity contribution in [1.29, 1.82) is 0 Å². The van der Waals surface area contributed by atoms with Crippen molar-refractivity contribution < 1.29 is 32.2 Å². The number of hydrogen-bond acceptors (Lipinski definition) is 8. The smallest absolute Gasteiger partial charge is 0.340 e. The highest BCUT2D eigenvalue weighted by molar-refractivity contribution is 7.89. The molecule has 1 saturated heterocycles. The van der Waals surface area contributed by atoms with Gasteiger partial charge in [-0.15, -0.1) is 0 Å². The fourth-order valence-corrected chi connectivity index (χ4v) is 4.74. The van der Waals surface area contributed by atoms with Gasteiger partial charge < -0.3 is 24.4 Å². The first-order chi connectivity index (χ1) is 16.3. The van der Waals surface area contributed by atoms with Crippen LogP contribution in [0.5, 0.6) is 11.5 Å². The molecule has 1 amide bonds. The summed E-state index contributed by atoms with van der Waals surface area (Å²) in [7, 11) is -0.906. The molecule has 0 aliphatic carbocycles. The minimum absolute atomic E-state index is 0.0203. The van der Waals surface area contributed by atoms with Gasteiger partial charge in [-0.2, -0.15) is 0 Å². The molecule has 34 heavy (non-hydrogen) atoms. The van der Waals surface area contributed by atoms with Crippen molar-refractivity contribution in [2.45, 2.75) is 17.7 Å². The number of fused-ring (bicyclic) bond motifs is 1. The maximum absolute atomic E-state index is 12.9. The van der Waals surface area contributed by atoms with Gasteiger partial charge in [-0.3, -0.25) is 4.79 Å². The second-order valence-electron chi connectivity index (χ2n) is 8.14. The standard InChI is InChI=1S/C23H27N3O7S/c1-25(2)34(29,30)17-6-7-19(26-9-3-4-10-26)18(14-17)23(28)33-15-22(27)24-16-5-8-20-21(13-16)32-12-11-31-20/h5-8,13-14H,3-4,9-12,15H2,1-2H3,(H,24,27). The summed E-state index contributed by atoms with van der Waals surface area (Å²) in [5, 5.41) is 2.65. The van der Waals surface area contributed by atoms with Gasteiger partial charge in [0, 0.05) is 38.9 Å². The lowest BCUT2D eigenvalue weighted by Gasteiger charge is -2.22. The molecule has 2 aliphatic heterocycles. The lowest BCUT2D eigenvalue weighted by atomic mass is 10.1. The molecule has 0 radical (unpaired) electrons. The van der Waals surface area contributed by atoms with Crippen molar-refractivity contribution in [1.82, 2.24) is 4.31 Å². The van der Waals surface area contributed by atoms with Gasteiger partial charge in [0.25, 0.3) is 5.91 Å². The monoisotopic (exact) mass is 489 g/mol. The maximum atomic E-state index is 12.9. The van der Waals surface area contributed by atoms with Gasteiger partial charge in [-0.1, -0.05) is 0 Å². The Kier molecular flexibility index (Phi) is 6.94. The van der Waals surface area contributed by atoms with Crippen LogP contribution in [0.1, 0.15) is 23.2 Å². The number of sulfonamides is 1. The number of hydrogen-bond donors (Lipinski definition) is 1. The topological polar surface area (TPSA) is 114 Å². The van der Waals surface area contributed by atoms with E-state index in [1.54, 1.807) is 24.3 Å². The number of amides is 1. The highest BCUT2D eigenvalue weighted by Gasteiger charge is 2.26. The summed E-state index contributed by atoms with van der Waals surface area (Å²) in [6, 6.07) is 9.39. The molecule has 0 aromatic heterocycles. The molecule has 2 aromatic carbocycles. The third-order valence-corrected chi connectivity index (χ3v) is 7.38. The fraction of sp³-hybridized carbons (Fsp3) is 0.391. The fourth-order valence-electron chi connectivity index (χ4n) is 3.81. The average Bonchev–Trinajstić information content (AvgIpc) is 3.37. The Hall–Kier alpha value is -3.31. The van der Waals surface area contributed by atoms with Crippen molar-refractivity contribution in [3.63, 3.8) is 0 Å². The number of benzene rings is 2. The molecule has 0 unspecified atom stereocenters. The number of carbonyl (C=O) groups is 2. The van der Waals surface area contributed by atoms with Gasteiger partial charge in [-0.25, -0.2) is 17.5 Å².